The number of carbonyl (C=O) groups is 1. The molecule has 1 saturated heterocycles. The largest absolute Gasteiger partial charge is 0.454 e. The van der Waals surface area contributed by atoms with Gasteiger partial charge >= 0.3 is 0 Å². The average Bonchev–Trinajstić information content (AvgIpc) is 3.05. The Morgan fingerprint density at radius 3 is 2.71 bits per heavy atom. The van der Waals surface area contributed by atoms with E-state index in [0.29, 0.717) is 18.0 Å². The van der Waals surface area contributed by atoms with Crippen LogP contribution in [0.25, 0.3) is 0 Å². The van der Waals surface area contributed by atoms with E-state index >= 15 is 0 Å². The molecule has 1 aromatic carbocycles. The van der Waals surface area contributed by atoms with Crippen molar-refractivity contribution >= 4 is 17.3 Å². The smallest absolute Gasteiger partial charge is 0.296 e. The van der Waals surface area contributed by atoms with E-state index in [9.17, 15) is 14.9 Å². The maximum atomic E-state index is 12.3. The van der Waals surface area contributed by atoms with Crippen molar-refractivity contribution in [3.8, 4) is 11.5 Å². The Bertz CT molecular complexity index is 604. The number of fused-ring (bicyclic) bond motifs is 1. The summed E-state index contributed by atoms with van der Waals surface area (Å²) < 4.78 is 10.3. The highest BCUT2D eigenvalue weighted by atomic mass is 16.7. The Balaban J connectivity index is 1.87. The lowest BCUT2D eigenvalue weighted by Gasteiger charge is -2.14. The Labute approximate surface area is 120 Å². The zero-order valence-electron chi connectivity index (χ0n) is 11.4. The number of nitro groups is 1. The molecule has 3 rings (SSSR count). The van der Waals surface area contributed by atoms with Crippen LogP contribution in [-0.4, -0.2) is 30.7 Å². The monoisotopic (exact) mass is 293 g/mol. The lowest BCUT2D eigenvalue weighted by atomic mass is 9.97. The van der Waals surface area contributed by atoms with Gasteiger partial charge in [0.15, 0.2) is 11.5 Å². The third-order valence-corrected chi connectivity index (χ3v) is 3.80. The number of carbonyl (C=O) groups excluding carboxylic acids is 1. The average molecular weight is 293 g/mol. The summed E-state index contributed by atoms with van der Waals surface area (Å²) in [5.41, 5.74) is -0.0699. The quantitative estimate of drug-likeness (QED) is 0.639. The number of hydrogen-bond acceptors (Lipinski definition) is 6. The van der Waals surface area contributed by atoms with Gasteiger partial charge < -0.3 is 20.1 Å². The Hall–Kier alpha value is -2.35. The second-order valence-electron chi connectivity index (χ2n) is 5.21. The molecule has 0 aromatic heterocycles. The summed E-state index contributed by atoms with van der Waals surface area (Å²) in [6.07, 6.45) is 0. The minimum Gasteiger partial charge on any atom is -0.454 e. The zero-order chi connectivity index (χ0) is 15.0. The van der Waals surface area contributed by atoms with Gasteiger partial charge in [-0.3, -0.25) is 14.9 Å². The highest BCUT2D eigenvalue weighted by Gasteiger charge is 2.31. The second-order valence-corrected chi connectivity index (χ2v) is 5.21. The molecular formula is C13H15N3O5. The van der Waals surface area contributed by atoms with E-state index in [2.05, 4.69) is 10.6 Å². The fourth-order valence-corrected chi connectivity index (χ4v) is 2.57. The minimum absolute atomic E-state index is 0.0213. The Kier molecular flexibility index (Phi) is 3.38. The van der Waals surface area contributed by atoms with Crippen molar-refractivity contribution < 1.29 is 19.2 Å². The molecule has 2 aliphatic heterocycles. The van der Waals surface area contributed by atoms with Crippen LogP contribution < -0.4 is 20.1 Å². The van der Waals surface area contributed by atoms with Crippen LogP contribution in [0.3, 0.4) is 0 Å². The first-order chi connectivity index (χ1) is 10.1. The third kappa shape index (κ3) is 2.49. The molecule has 2 unspecified atom stereocenters. The molecule has 2 aliphatic rings. The summed E-state index contributed by atoms with van der Waals surface area (Å²) in [6.45, 7) is 3.33. The molecule has 8 heteroatoms. The SMILES string of the molecule is CC1CNCC1C(=O)Nc1cc2c(cc1[N+](=O)[O-])OCO2. The van der Waals surface area contributed by atoms with E-state index in [0.717, 1.165) is 6.54 Å². The van der Waals surface area contributed by atoms with E-state index < -0.39 is 4.92 Å². The van der Waals surface area contributed by atoms with Gasteiger partial charge in [0.1, 0.15) is 5.69 Å². The van der Waals surface area contributed by atoms with Crippen LogP contribution in [-0.2, 0) is 4.79 Å². The summed E-state index contributed by atoms with van der Waals surface area (Å²) in [7, 11) is 0. The van der Waals surface area contributed by atoms with Crippen LogP contribution >= 0.6 is 0 Å². The number of ether oxygens (including phenoxy) is 2. The molecule has 112 valence electrons. The van der Waals surface area contributed by atoms with E-state index in [1.54, 1.807) is 0 Å². The molecule has 21 heavy (non-hydrogen) atoms. The number of nitro benzene ring substituents is 1. The molecule has 2 N–H and O–H groups in total. The fraction of sp³-hybridized carbons (Fsp3) is 0.462. The number of nitrogens with one attached hydrogen (secondary N) is 2. The summed E-state index contributed by atoms with van der Waals surface area (Å²) in [5, 5.41) is 16.9. The van der Waals surface area contributed by atoms with Crippen molar-refractivity contribution in [1.82, 2.24) is 5.32 Å². The van der Waals surface area contributed by atoms with Crippen molar-refractivity contribution in [1.29, 1.82) is 0 Å². The summed E-state index contributed by atoms with van der Waals surface area (Å²) in [4.78, 5) is 22.8. The van der Waals surface area contributed by atoms with Crippen LogP contribution in [0.2, 0.25) is 0 Å². The first-order valence-corrected chi connectivity index (χ1v) is 6.66. The summed E-state index contributed by atoms with van der Waals surface area (Å²) in [6, 6.07) is 2.71. The lowest BCUT2D eigenvalue weighted by Crippen LogP contribution is -2.28. The van der Waals surface area contributed by atoms with Crippen molar-refractivity contribution in [2.75, 3.05) is 25.2 Å². The maximum Gasteiger partial charge on any atom is 0.296 e. The predicted octanol–water partition coefficient (Wildman–Crippen LogP) is 1.12. The molecule has 1 aromatic rings. The topological polar surface area (TPSA) is 103 Å². The van der Waals surface area contributed by atoms with Crippen molar-refractivity contribution in [3.05, 3.63) is 22.2 Å². The molecule has 0 bridgehead atoms. The van der Waals surface area contributed by atoms with E-state index in [-0.39, 0.29) is 35.9 Å². The van der Waals surface area contributed by atoms with Gasteiger partial charge in [0.2, 0.25) is 12.7 Å². The first kappa shape index (κ1) is 13.6. The van der Waals surface area contributed by atoms with Crippen molar-refractivity contribution in [3.63, 3.8) is 0 Å². The number of benzene rings is 1. The number of hydrogen-bond donors (Lipinski definition) is 2. The molecule has 1 amide bonds. The molecule has 0 aliphatic carbocycles. The molecule has 0 spiro atoms. The third-order valence-electron chi connectivity index (χ3n) is 3.80. The minimum atomic E-state index is -0.548. The molecule has 0 saturated carbocycles. The molecule has 2 heterocycles. The van der Waals surface area contributed by atoms with Crippen LogP contribution in [0.5, 0.6) is 11.5 Å². The number of anilines is 1. The zero-order valence-corrected chi connectivity index (χ0v) is 11.4. The van der Waals surface area contributed by atoms with Crippen LogP contribution in [0.15, 0.2) is 12.1 Å². The fourth-order valence-electron chi connectivity index (χ4n) is 2.57. The highest BCUT2D eigenvalue weighted by molar-refractivity contribution is 5.95. The molecule has 8 nitrogen and oxygen atoms in total. The van der Waals surface area contributed by atoms with E-state index in [1.807, 2.05) is 6.92 Å². The van der Waals surface area contributed by atoms with Gasteiger partial charge in [-0.05, 0) is 12.5 Å². The second kappa shape index (κ2) is 5.21. The number of rotatable bonds is 3. The van der Waals surface area contributed by atoms with E-state index in [1.165, 1.54) is 12.1 Å². The van der Waals surface area contributed by atoms with Crippen molar-refractivity contribution in [2.24, 2.45) is 11.8 Å². The predicted molar refractivity (Wildman–Crippen MR) is 73.4 cm³/mol. The number of amides is 1. The normalized spacial score (nSPS) is 23.1. The standard InChI is InChI=1S/C13H15N3O5/c1-7-4-14-5-8(7)13(17)15-9-2-11-12(21-6-20-11)3-10(9)16(18)19/h2-3,7-8,14H,4-6H2,1H3,(H,15,17). The molecule has 2 atom stereocenters. The summed E-state index contributed by atoms with van der Waals surface area (Å²) >= 11 is 0. The van der Waals surface area contributed by atoms with E-state index in [4.69, 9.17) is 9.47 Å². The Morgan fingerprint density at radius 1 is 1.38 bits per heavy atom. The van der Waals surface area contributed by atoms with Crippen LogP contribution in [0.4, 0.5) is 11.4 Å². The van der Waals surface area contributed by atoms with Crippen molar-refractivity contribution in [2.45, 2.75) is 6.92 Å². The lowest BCUT2D eigenvalue weighted by molar-refractivity contribution is -0.384. The van der Waals surface area contributed by atoms with Crippen LogP contribution in [0.1, 0.15) is 6.92 Å². The molecule has 1 fully saturated rings. The van der Waals surface area contributed by atoms with Gasteiger partial charge in [0, 0.05) is 12.6 Å². The molecular weight excluding hydrogens is 278 g/mol. The van der Waals surface area contributed by atoms with Gasteiger partial charge in [0.25, 0.3) is 5.69 Å². The number of nitrogens with zero attached hydrogens (tertiary/aromatic N) is 1. The first-order valence-electron chi connectivity index (χ1n) is 6.66. The molecule has 0 radical (unpaired) electrons. The van der Waals surface area contributed by atoms with Gasteiger partial charge in [-0.15, -0.1) is 0 Å². The summed E-state index contributed by atoms with van der Waals surface area (Å²) in [5.74, 6) is 0.478. The van der Waals surface area contributed by atoms with Gasteiger partial charge in [-0.2, -0.15) is 0 Å². The van der Waals surface area contributed by atoms with Gasteiger partial charge in [0.05, 0.1) is 16.9 Å². The highest BCUT2D eigenvalue weighted by Crippen LogP contribution is 2.40. The van der Waals surface area contributed by atoms with Gasteiger partial charge in [-0.1, -0.05) is 6.92 Å². The van der Waals surface area contributed by atoms with Crippen LogP contribution in [0, 0.1) is 22.0 Å². The van der Waals surface area contributed by atoms with Gasteiger partial charge in [-0.25, -0.2) is 0 Å². The Morgan fingerprint density at radius 2 is 2.10 bits per heavy atom. The maximum absolute atomic E-state index is 12.3.